The molecule has 2 heterocycles. The van der Waals surface area contributed by atoms with E-state index in [0.717, 1.165) is 43.6 Å². The van der Waals surface area contributed by atoms with Gasteiger partial charge in [-0.2, -0.15) is 45.2 Å². The maximum atomic E-state index is 13.6. The Bertz CT molecular complexity index is 1510. The molecule has 0 N–H and O–H groups in total. The van der Waals surface area contributed by atoms with Crippen molar-refractivity contribution in [2.24, 2.45) is 12.0 Å². The van der Waals surface area contributed by atoms with Gasteiger partial charge in [0.15, 0.2) is 14.8 Å². The van der Waals surface area contributed by atoms with Gasteiger partial charge < -0.3 is 0 Å². The van der Waals surface area contributed by atoms with Crippen LogP contribution in [0.5, 0.6) is 0 Å². The van der Waals surface area contributed by atoms with Gasteiger partial charge in [0.2, 0.25) is 4.80 Å². The molecule has 0 spiro atoms. The van der Waals surface area contributed by atoms with Crippen molar-refractivity contribution in [3.05, 3.63) is 57.6 Å². The van der Waals surface area contributed by atoms with Gasteiger partial charge in [0, 0.05) is 18.8 Å². The molecule has 0 aliphatic heterocycles. The van der Waals surface area contributed by atoms with Gasteiger partial charge in [0.05, 0.1) is 16.2 Å². The largest absolute Gasteiger partial charge is 0.460 e. The summed E-state index contributed by atoms with van der Waals surface area (Å²) in [6.45, 7) is 1.24. The molecule has 0 aliphatic rings. The molecule has 17 heteroatoms. The summed E-state index contributed by atoms with van der Waals surface area (Å²) in [5, 5.41) is 1.37. The third-order valence-corrected chi connectivity index (χ3v) is 7.65. The number of amides is 1. The number of aromatic nitrogens is 3. The second kappa shape index (κ2) is 9.59. The van der Waals surface area contributed by atoms with E-state index >= 15 is 0 Å². The van der Waals surface area contributed by atoms with E-state index in [2.05, 4.69) is 15.1 Å². The predicted octanol–water partition coefficient (Wildman–Crippen LogP) is 4.75. The first kappa shape index (κ1) is 28.4. The lowest BCUT2D eigenvalue weighted by Crippen LogP contribution is -2.33. The number of hydrogen-bond donors (Lipinski definition) is 0. The number of rotatable bonds is 5. The summed E-state index contributed by atoms with van der Waals surface area (Å²) in [6.07, 6.45) is -9.59. The zero-order chi connectivity index (χ0) is 28.0. The Balaban J connectivity index is 2.10. The van der Waals surface area contributed by atoms with E-state index in [1.807, 2.05) is 0 Å². The topological polar surface area (TPSA) is 94.3 Å². The van der Waals surface area contributed by atoms with E-state index < -0.39 is 65.7 Å². The normalized spacial score (nSPS) is 13.7. The third kappa shape index (κ3) is 5.71. The van der Waals surface area contributed by atoms with Crippen LogP contribution in [0.3, 0.4) is 0 Å². The van der Waals surface area contributed by atoms with Gasteiger partial charge >= 0.3 is 18.3 Å². The Morgan fingerprint density at radius 2 is 1.62 bits per heavy atom. The van der Waals surface area contributed by atoms with Gasteiger partial charge in [0.1, 0.15) is 5.69 Å². The summed E-state index contributed by atoms with van der Waals surface area (Å²) >= 11 is -0.236. The van der Waals surface area contributed by atoms with Crippen molar-refractivity contribution >= 4 is 27.1 Å². The molecule has 0 saturated carbocycles. The predicted molar refractivity (Wildman–Crippen MR) is 113 cm³/mol. The SMILES string of the molecule is CCS(=O)(=O)c1cc(-c2ccc(C(F)(F)F)cc2)cnc1C(=O)N=c1sc(C(F)(F)C(F)(F)F)nn1C. The van der Waals surface area contributed by atoms with Gasteiger partial charge in [-0.15, -0.1) is 0 Å². The summed E-state index contributed by atoms with van der Waals surface area (Å²) < 4.78 is 129. The van der Waals surface area contributed by atoms with Crippen molar-refractivity contribution in [3.63, 3.8) is 0 Å². The van der Waals surface area contributed by atoms with Crippen molar-refractivity contribution in [1.29, 1.82) is 0 Å². The summed E-state index contributed by atoms with van der Waals surface area (Å²) in [4.78, 5) is 18.6. The average Bonchev–Trinajstić information content (AvgIpc) is 3.18. The van der Waals surface area contributed by atoms with Gasteiger partial charge in [0.25, 0.3) is 5.91 Å². The Morgan fingerprint density at radius 1 is 1.03 bits per heavy atom. The van der Waals surface area contributed by atoms with Crippen LogP contribution in [0.1, 0.15) is 28.0 Å². The molecule has 1 amide bonds. The number of benzene rings is 1. The molecule has 0 unspecified atom stereocenters. The molecule has 0 atom stereocenters. The molecule has 0 aliphatic carbocycles. The lowest BCUT2D eigenvalue weighted by atomic mass is 10.1. The van der Waals surface area contributed by atoms with Crippen molar-refractivity contribution in [2.75, 3.05) is 5.75 Å². The molecule has 37 heavy (non-hydrogen) atoms. The highest BCUT2D eigenvalue weighted by atomic mass is 32.2. The van der Waals surface area contributed by atoms with Crippen LogP contribution in [0.15, 0.2) is 46.4 Å². The van der Waals surface area contributed by atoms with Crippen LogP contribution in [0.2, 0.25) is 0 Å². The van der Waals surface area contributed by atoms with Crippen molar-refractivity contribution in [2.45, 2.75) is 30.1 Å². The Kier molecular flexibility index (Phi) is 7.35. The standard InChI is InChI=1S/C20H14F8N4O3S2/c1-3-37(34,35)13-8-11(10-4-6-12(7-5-10)19(23,24)25)9-29-14(13)15(33)30-17-32(2)31-16(36-17)18(21,22)20(26,27)28/h4-9H,3H2,1-2H3. The molecule has 200 valence electrons. The van der Waals surface area contributed by atoms with Crippen molar-refractivity contribution in [1.82, 2.24) is 14.8 Å². The van der Waals surface area contributed by atoms with Crippen LogP contribution in [-0.2, 0) is 29.0 Å². The lowest BCUT2D eigenvalue weighted by molar-refractivity contribution is -0.289. The molecule has 1 aromatic carbocycles. The molecular formula is C20H14F8N4O3S2. The number of aryl methyl sites for hydroxylation is 1. The minimum absolute atomic E-state index is 0.0350. The van der Waals surface area contributed by atoms with Crippen LogP contribution in [0, 0.1) is 0 Å². The van der Waals surface area contributed by atoms with Crippen LogP contribution in [-0.4, -0.2) is 41.0 Å². The van der Waals surface area contributed by atoms with Crippen LogP contribution in [0.4, 0.5) is 35.1 Å². The van der Waals surface area contributed by atoms with E-state index in [4.69, 9.17) is 0 Å². The van der Waals surface area contributed by atoms with Crippen molar-refractivity contribution < 1.29 is 48.3 Å². The van der Waals surface area contributed by atoms with E-state index in [1.165, 1.54) is 6.92 Å². The van der Waals surface area contributed by atoms with Crippen LogP contribution < -0.4 is 4.80 Å². The molecule has 2 aromatic heterocycles. The zero-order valence-corrected chi connectivity index (χ0v) is 20.2. The summed E-state index contributed by atoms with van der Waals surface area (Å²) in [6, 6.07) is 4.63. The van der Waals surface area contributed by atoms with Crippen molar-refractivity contribution in [3.8, 4) is 11.1 Å². The first-order chi connectivity index (χ1) is 16.9. The quantitative estimate of drug-likeness (QED) is 0.410. The van der Waals surface area contributed by atoms with Gasteiger partial charge in [-0.25, -0.2) is 18.1 Å². The summed E-state index contributed by atoms with van der Waals surface area (Å²) in [5.41, 5.74) is -1.55. The first-order valence-corrected chi connectivity index (χ1v) is 12.3. The van der Waals surface area contributed by atoms with Gasteiger partial charge in [-0.1, -0.05) is 30.4 Å². The second-order valence-electron chi connectivity index (χ2n) is 7.35. The molecule has 3 aromatic rings. The smallest absolute Gasteiger partial charge is 0.265 e. The lowest BCUT2D eigenvalue weighted by Gasteiger charge is -2.15. The summed E-state index contributed by atoms with van der Waals surface area (Å²) in [5.74, 6) is -7.24. The van der Waals surface area contributed by atoms with E-state index in [-0.39, 0.29) is 22.5 Å². The van der Waals surface area contributed by atoms with Gasteiger partial charge in [-0.3, -0.25) is 4.79 Å². The number of nitrogens with zero attached hydrogens (tertiary/aromatic N) is 4. The number of alkyl halides is 8. The molecule has 3 rings (SSSR count). The Morgan fingerprint density at radius 3 is 2.14 bits per heavy atom. The minimum atomic E-state index is -5.96. The van der Waals surface area contributed by atoms with E-state index in [9.17, 15) is 48.3 Å². The molecule has 0 radical (unpaired) electrons. The highest BCUT2D eigenvalue weighted by Crippen LogP contribution is 2.43. The fourth-order valence-corrected chi connectivity index (χ4v) is 4.78. The average molecular weight is 574 g/mol. The molecule has 0 saturated heterocycles. The number of sulfone groups is 1. The van der Waals surface area contributed by atoms with E-state index in [1.54, 1.807) is 0 Å². The highest BCUT2D eigenvalue weighted by Gasteiger charge is 2.61. The first-order valence-electron chi connectivity index (χ1n) is 9.87. The number of halogens is 8. The zero-order valence-electron chi connectivity index (χ0n) is 18.5. The number of pyridine rings is 1. The maximum Gasteiger partial charge on any atom is 0.460 e. The van der Waals surface area contributed by atoms with Gasteiger partial charge in [-0.05, 0) is 23.8 Å². The molecule has 7 nitrogen and oxygen atoms in total. The third-order valence-electron chi connectivity index (χ3n) is 4.84. The number of carbonyl (C=O) groups excluding carboxylic acids is 1. The molecule has 0 bridgehead atoms. The highest BCUT2D eigenvalue weighted by molar-refractivity contribution is 7.91. The number of carbonyl (C=O) groups is 1. The van der Waals surface area contributed by atoms with Crippen LogP contribution in [0.25, 0.3) is 11.1 Å². The Hall–Kier alpha value is -3.21. The number of hydrogen-bond acceptors (Lipinski definition) is 6. The minimum Gasteiger partial charge on any atom is -0.265 e. The monoisotopic (exact) mass is 574 g/mol. The second-order valence-corrected chi connectivity index (χ2v) is 10.6. The summed E-state index contributed by atoms with van der Waals surface area (Å²) in [7, 11) is -3.24. The maximum absolute atomic E-state index is 13.6. The molecular weight excluding hydrogens is 560 g/mol. The fraction of sp³-hybridized carbons (Fsp3) is 0.300. The fourth-order valence-electron chi connectivity index (χ4n) is 2.84. The van der Waals surface area contributed by atoms with E-state index in [0.29, 0.717) is 4.68 Å². The van der Waals surface area contributed by atoms with Crippen LogP contribution >= 0.6 is 11.3 Å². The molecule has 0 fully saturated rings. The Labute approximate surface area is 207 Å².